The Kier molecular flexibility index (Phi) is 5.10. The zero-order chi connectivity index (χ0) is 15.5. The number of amides is 1. The summed E-state index contributed by atoms with van der Waals surface area (Å²) in [6, 6.07) is 3.49. The van der Waals surface area contributed by atoms with Crippen molar-refractivity contribution in [1.29, 1.82) is 0 Å². The monoisotopic (exact) mass is 302 g/mol. The van der Waals surface area contributed by atoms with Gasteiger partial charge in [-0.15, -0.1) is 0 Å². The van der Waals surface area contributed by atoms with E-state index in [9.17, 15) is 17.6 Å². The molecule has 0 aliphatic rings. The highest BCUT2D eigenvalue weighted by molar-refractivity contribution is 7.92. The predicted molar refractivity (Wildman–Crippen MR) is 77.5 cm³/mol. The van der Waals surface area contributed by atoms with Crippen LogP contribution in [-0.4, -0.2) is 25.3 Å². The molecule has 0 spiro atoms. The molecule has 0 aliphatic carbocycles. The molecule has 0 saturated carbocycles. The van der Waals surface area contributed by atoms with E-state index >= 15 is 0 Å². The van der Waals surface area contributed by atoms with Crippen LogP contribution in [0.1, 0.15) is 20.8 Å². The SMILES string of the molecule is CC(C)CS(=O)(=O)C(C)C(=O)Nc1ccc(F)cc1N. The van der Waals surface area contributed by atoms with Crippen LogP contribution in [-0.2, 0) is 14.6 Å². The zero-order valence-corrected chi connectivity index (χ0v) is 12.5. The smallest absolute Gasteiger partial charge is 0.242 e. The number of carbonyl (C=O) groups is 1. The second-order valence-corrected chi connectivity index (χ2v) is 7.45. The first kappa shape index (κ1) is 16.4. The maximum absolute atomic E-state index is 12.9. The zero-order valence-electron chi connectivity index (χ0n) is 11.7. The summed E-state index contributed by atoms with van der Waals surface area (Å²) in [6.45, 7) is 4.85. The van der Waals surface area contributed by atoms with Crippen molar-refractivity contribution in [2.75, 3.05) is 16.8 Å². The lowest BCUT2D eigenvalue weighted by molar-refractivity contribution is -0.115. The van der Waals surface area contributed by atoms with Gasteiger partial charge in [-0.25, -0.2) is 12.8 Å². The van der Waals surface area contributed by atoms with Crippen LogP contribution in [0.3, 0.4) is 0 Å². The van der Waals surface area contributed by atoms with Gasteiger partial charge >= 0.3 is 0 Å². The topological polar surface area (TPSA) is 89.3 Å². The number of benzene rings is 1. The molecule has 1 atom stereocenters. The molecular formula is C13H19FN2O3S. The highest BCUT2D eigenvalue weighted by Gasteiger charge is 2.28. The summed E-state index contributed by atoms with van der Waals surface area (Å²) < 4.78 is 36.8. The van der Waals surface area contributed by atoms with E-state index in [-0.39, 0.29) is 23.0 Å². The van der Waals surface area contributed by atoms with Crippen LogP contribution >= 0.6 is 0 Å². The molecule has 0 bridgehead atoms. The molecule has 0 aliphatic heterocycles. The predicted octanol–water partition coefficient (Wildman–Crippen LogP) is 1.81. The number of hydrogen-bond acceptors (Lipinski definition) is 4. The van der Waals surface area contributed by atoms with Crippen molar-refractivity contribution in [2.24, 2.45) is 5.92 Å². The van der Waals surface area contributed by atoms with Crippen LogP contribution < -0.4 is 11.1 Å². The van der Waals surface area contributed by atoms with Gasteiger partial charge < -0.3 is 11.1 Å². The van der Waals surface area contributed by atoms with Gasteiger partial charge in [-0.2, -0.15) is 0 Å². The first-order chi connectivity index (χ1) is 9.13. The second kappa shape index (κ2) is 6.21. The number of nitrogen functional groups attached to an aromatic ring is 1. The van der Waals surface area contributed by atoms with Crippen LogP contribution in [0.15, 0.2) is 18.2 Å². The normalized spacial score (nSPS) is 13.2. The fraction of sp³-hybridized carbons (Fsp3) is 0.462. The average molecular weight is 302 g/mol. The average Bonchev–Trinajstić information content (AvgIpc) is 2.30. The standard InChI is InChI=1S/C13H19FN2O3S/c1-8(2)7-20(18,19)9(3)13(17)16-12-5-4-10(14)6-11(12)15/h4-6,8-9H,7,15H2,1-3H3,(H,16,17). The third-order valence-corrected chi connectivity index (χ3v) is 5.17. The summed E-state index contributed by atoms with van der Waals surface area (Å²) in [5.74, 6) is -1.34. The molecule has 20 heavy (non-hydrogen) atoms. The first-order valence-corrected chi connectivity index (χ1v) is 7.92. The molecule has 0 aromatic heterocycles. The lowest BCUT2D eigenvalue weighted by Crippen LogP contribution is -2.35. The van der Waals surface area contributed by atoms with Gasteiger partial charge in [-0.3, -0.25) is 4.79 Å². The second-order valence-electron chi connectivity index (χ2n) is 5.09. The van der Waals surface area contributed by atoms with E-state index in [0.717, 1.165) is 12.1 Å². The fourth-order valence-electron chi connectivity index (χ4n) is 1.65. The molecule has 0 fully saturated rings. The van der Waals surface area contributed by atoms with Gasteiger partial charge in [0.05, 0.1) is 17.1 Å². The van der Waals surface area contributed by atoms with Gasteiger partial charge in [0.15, 0.2) is 9.84 Å². The van der Waals surface area contributed by atoms with E-state index in [4.69, 9.17) is 5.73 Å². The van der Waals surface area contributed by atoms with Crippen LogP contribution in [0.2, 0.25) is 0 Å². The number of nitrogens with one attached hydrogen (secondary N) is 1. The number of sulfone groups is 1. The molecule has 7 heteroatoms. The lowest BCUT2D eigenvalue weighted by Gasteiger charge is -2.15. The lowest BCUT2D eigenvalue weighted by atomic mass is 10.2. The molecule has 3 N–H and O–H groups in total. The minimum Gasteiger partial charge on any atom is -0.397 e. The van der Waals surface area contributed by atoms with E-state index in [1.807, 2.05) is 0 Å². The molecule has 1 amide bonds. The maximum Gasteiger partial charge on any atom is 0.242 e. The van der Waals surface area contributed by atoms with Gasteiger partial charge in [0.1, 0.15) is 11.1 Å². The van der Waals surface area contributed by atoms with Gasteiger partial charge in [-0.05, 0) is 31.0 Å². The molecule has 1 rings (SSSR count). The number of rotatable bonds is 5. The first-order valence-electron chi connectivity index (χ1n) is 6.21. The molecule has 1 aromatic carbocycles. The molecule has 1 aromatic rings. The van der Waals surface area contributed by atoms with Crippen molar-refractivity contribution in [1.82, 2.24) is 0 Å². The molecule has 0 radical (unpaired) electrons. The van der Waals surface area contributed by atoms with E-state index in [2.05, 4.69) is 5.32 Å². The fourth-order valence-corrected chi connectivity index (χ4v) is 3.26. The van der Waals surface area contributed by atoms with E-state index in [0.29, 0.717) is 0 Å². The summed E-state index contributed by atoms with van der Waals surface area (Å²) in [6.07, 6.45) is 0. The molecule has 0 saturated heterocycles. The van der Waals surface area contributed by atoms with Gasteiger partial charge in [-0.1, -0.05) is 13.8 Å². The minimum absolute atomic E-state index is 0.0480. The van der Waals surface area contributed by atoms with E-state index in [1.165, 1.54) is 13.0 Å². The summed E-state index contributed by atoms with van der Waals surface area (Å²) in [7, 11) is -3.53. The summed E-state index contributed by atoms with van der Waals surface area (Å²) in [4.78, 5) is 11.9. The van der Waals surface area contributed by atoms with Crippen molar-refractivity contribution in [3.05, 3.63) is 24.0 Å². The van der Waals surface area contributed by atoms with Crippen LogP contribution in [0.25, 0.3) is 0 Å². The number of halogens is 1. The molecule has 1 unspecified atom stereocenters. The minimum atomic E-state index is -3.53. The molecule has 0 heterocycles. The Morgan fingerprint density at radius 2 is 1.95 bits per heavy atom. The van der Waals surface area contributed by atoms with Crippen molar-refractivity contribution >= 4 is 27.1 Å². The number of nitrogens with two attached hydrogens (primary N) is 1. The van der Waals surface area contributed by atoms with Crippen molar-refractivity contribution in [3.63, 3.8) is 0 Å². The number of carbonyl (C=O) groups excluding carboxylic acids is 1. The van der Waals surface area contributed by atoms with Crippen molar-refractivity contribution < 1.29 is 17.6 Å². The Bertz CT molecular complexity index is 600. The quantitative estimate of drug-likeness (QED) is 0.812. The maximum atomic E-state index is 12.9. The Balaban J connectivity index is 2.85. The molecule has 5 nitrogen and oxygen atoms in total. The number of hydrogen-bond donors (Lipinski definition) is 2. The van der Waals surface area contributed by atoms with Crippen molar-refractivity contribution in [2.45, 2.75) is 26.0 Å². The van der Waals surface area contributed by atoms with E-state index < -0.39 is 26.8 Å². The highest BCUT2D eigenvalue weighted by atomic mass is 32.2. The summed E-state index contributed by atoms with van der Waals surface area (Å²) in [5, 5.41) is 1.22. The third kappa shape index (κ3) is 4.19. The van der Waals surface area contributed by atoms with Crippen LogP contribution in [0.4, 0.5) is 15.8 Å². The highest BCUT2D eigenvalue weighted by Crippen LogP contribution is 2.20. The third-order valence-electron chi connectivity index (χ3n) is 2.75. The van der Waals surface area contributed by atoms with Crippen LogP contribution in [0.5, 0.6) is 0 Å². The van der Waals surface area contributed by atoms with Crippen molar-refractivity contribution in [3.8, 4) is 0 Å². The summed E-state index contributed by atoms with van der Waals surface area (Å²) in [5.41, 5.74) is 5.80. The van der Waals surface area contributed by atoms with Gasteiger partial charge in [0.2, 0.25) is 5.91 Å². The molecular weight excluding hydrogens is 283 g/mol. The van der Waals surface area contributed by atoms with Gasteiger partial charge in [0, 0.05) is 0 Å². The Hall–Kier alpha value is -1.63. The Labute approximate surface area is 118 Å². The van der Waals surface area contributed by atoms with E-state index in [1.54, 1.807) is 13.8 Å². The Morgan fingerprint density at radius 1 is 1.35 bits per heavy atom. The largest absolute Gasteiger partial charge is 0.397 e. The molecule has 112 valence electrons. The summed E-state index contributed by atoms with van der Waals surface area (Å²) >= 11 is 0. The van der Waals surface area contributed by atoms with Gasteiger partial charge in [0.25, 0.3) is 0 Å². The van der Waals surface area contributed by atoms with Crippen LogP contribution in [0, 0.1) is 11.7 Å². The Morgan fingerprint density at radius 3 is 2.45 bits per heavy atom. The number of anilines is 2.